The SMILES string of the molecule is Cc1cc(NC(c2ccccc2)C(C)C)ccc1F. The molecule has 0 amide bonds. The molecule has 0 radical (unpaired) electrons. The lowest BCUT2D eigenvalue weighted by molar-refractivity contribution is 0.546. The average molecular weight is 257 g/mol. The zero-order valence-corrected chi connectivity index (χ0v) is 11.7. The van der Waals surface area contributed by atoms with E-state index in [-0.39, 0.29) is 11.9 Å². The summed E-state index contributed by atoms with van der Waals surface area (Å²) < 4.78 is 13.3. The highest BCUT2D eigenvalue weighted by molar-refractivity contribution is 5.48. The molecule has 0 bridgehead atoms. The Morgan fingerprint density at radius 2 is 1.68 bits per heavy atom. The highest BCUT2D eigenvalue weighted by atomic mass is 19.1. The molecule has 1 atom stereocenters. The lowest BCUT2D eigenvalue weighted by atomic mass is 9.95. The van der Waals surface area contributed by atoms with Gasteiger partial charge < -0.3 is 5.32 Å². The molecular weight excluding hydrogens is 237 g/mol. The van der Waals surface area contributed by atoms with Crippen molar-refractivity contribution in [3.63, 3.8) is 0 Å². The lowest BCUT2D eigenvalue weighted by Gasteiger charge is -2.24. The van der Waals surface area contributed by atoms with Crippen molar-refractivity contribution in [2.75, 3.05) is 5.32 Å². The van der Waals surface area contributed by atoms with Gasteiger partial charge in [-0.15, -0.1) is 0 Å². The number of hydrogen-bond donors (Lipinski definition) is 1. The van der Waals surface area contributed by atoms with Crippen molar-refractivity contribution < 1.29 is 4.39 Å². The largest absolute Gasteiger partial charge is 0.378 e. The molecule has 0 spiro atoms. The third-order valence-electron chi connectivity index (χ3n) is 3.31. The predicted molar refractivity (Wildman–Crippen MR) is 78.8 cm³/mol. The second-order valence-electron chi connectivity index (χ2n) is 5.24. The van der Waals surface area contributed by atoms with Crippen LogP contribution in [0.2, 0.25) is 0 Å². The second-order valence-corrected chi connectivity index (χ2v) is 5.24. The third-order valence-corrected chi connectivity index (χ3v) is 3.31. The standard InChI is InChI=1S/C17H20FN/c1-12(2)17(14-7-5-4-6-8-14)19-15-9-10-16(18)13(3)11-15/h4-12,17,19H,1-3H3. The molecule has 0 fully saturated rings. The quantitative estimate of drug-likeness (QED) is 0.817. The summed E-state index contributed by atoms with van der Waals surface area (Å²) in [4.78, 5) is 0. The van der Waals surface area contributed by atoms with Gasteiger partial charge in [-0.1, -0.05) is 44.2 Å². The van der Waals surface area contributed by atoms with Gasteiger partial charge in [0.15, 0.2) is 0 Å². The van der Waals surface area contributed by atoms with Crippen LogP contribution in [-0.2, 0) is 0 Å². The number of nitrogens with one attached hydrogen (secondary N) is 1. The third kappa shape index (κ3) is 3.34. The molecule has 2 rings (SSSR count). The van der Waals surface area contributed by atoms with Gasteiger partial charge >= 0.3 is 0 Å². The molecule has 19 heavy (non-hydrogen) atoms. The Bertz CT molecular complexity index is 534. The van der Waals surface area contributed by atoms with Crippen molar-refractivity contribution in [3.8, 4) is 0 Å². The van der Waals surface area contributed by atoms with E-state index in [0.29, 0.717) is 11.5 Å². The molecule has 1 unspecified atom stereocenters. The zero-order valence-electron chi connectivity index (χ0n) is 11.7. The number of hydrogen-bond acceptors (Lipinski definition) is 1. The Labute approximate surface area is 114 Å². The van der Waals surface area contributed by atoms with Crippen LogP contribution in [0.5, 0.6) is 0 Å². The molecule has 0 aliphatic heterocycles. The van der Waals surface area contributed by atoms with Crippen molar-refractivity contribution in [1.82, 2.24) is 0 Å². The van der Waals surface area contributed by atoms with Crippen LogP contribution in [0.25, 0.3) is 0 Å². The number of aryl methyl sites for hydroxylation is 1. The van der Waals surface area contributed by atoms with E-state index in [1.807, 2.05) is 24.3 Å². The summed E-state index contributed by atoms with van der Waals surface area (Å²) in [7, 11) is 0. The maximum Gasteiger partial charge on any atom is 0.126 e. The van der Waals surface area contributed by atoms with Crippen molar-refractivity contribution in [2.45, 2.75) is 26.8 Å². The van der Waals surface area contributed by atoms with Crippen LogP contribution in [0, 0.1) is 18.7 Å². The molecule has 0 aliphatic rings. The van der Waals surface area contributed by atoms with E-state index in [2.05, 4.69) is 31.3 Å². The van der Waals surface area contributed by atoms with Gasteiger partial charge in [-0.25, -0.2) is 4.39 Å². The van der Waals surface area contributed by atoms with Crippen LogP contribution in [0.1, 0.15) is 31.0 Å². The number of halogens is 1. The van der Waals surface area contributed by atoms with E-state index in [9.17, 15) is 4.39 Å². The van der Waals surface area contributed by atoms with Gasteiger partial charge in [0.25, 0.3) is 0 Å². The van der Waals surface area contributed by atoms with Crippen LogP contribution < -0.4 is 5.32 Å². The fourth-order valence-electron chi connectivity index (χ4n) is 2.21. The first-order valence-electron chi connectivity index (χ1n) is 6.65. The Morgan fingerprint density at radius 3 is 2.26 bits per heavy atom. The summed E-state index contributed by atoms with van der Waals surface area (Å²) in [6.45, 7) is 6.15. The topological polar surface area (TPSA) is 12.0 Å². The summed E-state index contributed by atoms with van der Waals surface area (Å²) in [6, 6.07) is 15.7. The van der Waals surface area contributed by atoms with Gasteiger partial charge in [-0.3, -0.25) is 0 Å². The molecule has 1 nitrogen and oxygen atoms in total. The lowest BCUT2D eigenvalue weighted by Crippen LogP contribution is -2.16. The van der Waals surface area contributed by atoms with Crippen molar-refractivity contribution in [3.05, 3.63) is 65.5 Å². The molecular formula is C17H20FN. The maximum absolute atomic E-state index is 13.3. The molecule has 2 aromatic rings. The Balaban J connectivity index is 2.24. The van der Waals surface area contributed by atoms with E-state index >= 15 is 0 Å². The Kier molecular flexibility index (Phi) is 4.20. The van der Waals surface area contributed by atoms with Crippen LogP contribution in [-0.4, -0.2) is 0 Å². The highest BCUT2D eigenvalue weighted by Gasteiger charge is 2.15. The summed E-state index contributed by atoms with van der Waals surface area (Å²) in [5.74, 6) is 0.291. The van der Waals surface area contributed by atoms with E-state index < -0.39 is 0 Å². The first-order chi connectivity index (χ1) is 9.08. The second kappa shape index (κ2) is 5.87. The van der Waals surface area contributed by atoms with Gasteiger partial charge in [0.2, 0.25) is 0 Å². The van der Waals surface area contributed by atoms with Gasteiger partial charge in [0.05, 0.1) is 6.04 Å². The molecule has 0 saturated heterocycles. The molecule has 2 aromatic carbocycles. The van der Waals surface area contributed by atoms with E-state index in [1.165, 1.54) is 11.6 Å². The zero-order chi connectivity index (χ0) is 13.8. The minimum Gasteiger partial charge on any atom is -0.378 e. The van der Waals surface area contributed by atoms with E-state index in [4.69, 9.17) is 0 Å². The van der Waals surface area contributed by atoms with Crippen LogP contribution in [0.4, 0.5) is 10.1 Å². The number of rotatable bonds is 4. The molecule has 0 heterocycles. The van der Waals surface area contributed by atoms with E-state index in [1.54, 1.807) is 13.0 Å². The summed E-state index contributed by atoms with van der Waals surface area (Å²) in [6.07, 6.45) is 0. The number of benzene rings is 2. The van der Waals surface area contributed by atoms with Gasteiger partial charge in [0.1, 0.15) is 5.82 Å². The van der Waals surface area contributed by atoms with Gasteiger partial charge in [-0.2, -0.15) is 0 Å². The first-order valence-corrected chi connectivity index (χ1v) is 6.65. The molecule has 2 heteroatoms. The normalized spacial score (nSPS) is 12.5. The average Bonchev–Trinajstić information content (AvgIpc) is 2.40. The minimum absolute atomic E-state index is 0.161. The fourth-order valence-corrected chi connectivity index (χ4v) is 2.21. The number of anilines is 1. The van der Waals surface area contributed by atoms with Crippen LogP contribution in [0.15, 0.2) is 48.5 Å². The minimum atomic E-state index is -0.161. The van der Waals surface area contributed by atoms with Gasteiger partial charge in [-0.05, 0) is 42.2 Å². The smallest absolute Gasteiger partial charge is 0.126 e. The van der Waals surface area contributed by atoms with Crippen LogP contribution >= 0.6 is 0 Å². The van der Waals surface area contributed by atoms with Crippen molar-refractivity contribution in [2.24, 2.45) is 5.92 Å². The molecule has 0 saturated carbocycles. The van der Waals surface area contributed by atoms with Crippen molar-refractivity contribution in [1.29, 1.82) is 0 Å². The summed E-state index contributed by atoms with van der Waals surface area (Å²) >= 11 is 0. The van der Waals surface area contributed by atoms with Crippen molar-refractivity contribution >= 4 is 5.69 Å². The van der Waals surface area contributed by atoms with Crippen LogP contribution in [0.3, 0.4) is 0 Å². The molecule has 1 N–H and O–H groups in total. The Hall–Kier alpha value is -1.83. The predicted octanol–water partition coefficient (Wildman–Crippen LogP) is 4.94. The monoisotopic (exact) mass is 257 g/mol. The molecule has 0 aromatic heterocycles. The van der Waals surface area contributed by atoms with Gasteiger partial charge in [0, 0.05) is 5.69 Å². The highest BCUT2D eigenvalue weighted by Crippen LogP contribution is 2.27. The Morgan fingerprint density at radius 1 is 1.00 bits per heavy atom. The summed E-state index contributed by atoms with van der Waals surface area (Å²) in [5, 5.41) is 3.50. The van der Waals surface area contributed by atoms with E-state index in [0.717, 1.165) is 5.69 Å². The fraction of sp³-hybridized carbons (Fsp3) is 0.294. The summed E-state index contributed by atoms with van der Waals surface area (Å²) in [5.41, 5.74) is 2.88. The molecule has 0 aliphatic carbocycles. The molecule has 100 valence electrons. The maximum atomic E-state index is 13.3. The first kappa shape index (κ1) is 13.6.